The Labute approximate surface area is 868 Å². The van der Waals surface area contributed by atoms with Gasteiger partial charge in [-0.05, 0) is 303 Å². The Morgan fingerprint density at radius 1 is 0.248 bits per heavy atom. The molecule has 0 spiro atoms. The van der Waals surface area contributed by atoms with Crippen molar-refractivity contribution in [3.63, 3.8) is 0 Å². The summed E-state index contributed by atoms with van der Waals surface area (Å²) in [7, 11) is 0. The number of esters is 6. The van der Waals surface area contributed by atoms with Crippen molar-refractivity contribution in [1.82, 2.24) is 0 Å². The quantitative estimate of drug-likeness (QED) is 0.0177. The minimum absolute atomic E-state index is 0.0487. The third-order valence-electron chi connectivity index (χ3n) is 19.2. The fraction of sp³-hybridized carbons (Fsp3) is 0.243. The molecule has 18 nitrogen and oxygen atoms in total. The monoisotopic (exact) mass is 2470 g/mol. The third-order valence-corrected chi connectivity index (χ3v) is 25.1. The average molecular weight is 2470 g/mol. The molecule has 0 amide bonds. The number of ether oxygens (including phenoxy) is 12. The second-order valence-electron chi connectivity index (χ2n) is 29.4. The minimum atomic E-state index is -0.560. The van der Waals surface area contributed by atoms with E-state index in [2.05, 4.69) is 134 Å². The molecular formula is C103H94Br7ClF7IO18. The van der Waals surface area contributed by atoms with Gasteiger partial charge in [0.05, 0.1) is 43.0 Å². The van der Waals surface area contributed by atoms with Gasteiger partial charge in [-0.3, -0.25) is 28.8 Å². The number of aryl methyl sites for hydroxylation is 7. The first kappa shape index (κ1) is 114. The molecule has 12 aromatic carbocycles. The van der Waals surface area contributed by atoms with Gasteiger partial charge in [-0.15, -0.1) is 0 Å². The van der Waals surface area contributed by atoms with Gasteiger partial charge in [0.15, 0.2) is 0 Å². The molecule has 12 rings (SSSR count). The molecule has 0 unspecified atom stereocenters. The van der Waals surface area contributed by atoms with Crippen LogP contribution in [-0.4, -0.2) is 35.8 Å². The lowest BCUT2D eigenvalue weighted by molar-refractivity contribution is -0.135. The third kappa shape index (κ3) is 35.8. The Morgan fingerprint density at radius 3 is 0.854 bits per heavy atom. The molecule has 0 bridgehead atoms. The van der Waals surface area contributed by atoms with Crippen molar-refractivity contribution in [1.29, 1.82) is 0 Å². The average Bonchev–Trinajstić information content (AvgIpc) is 0.837. The highest BCUT2D eigenvalue weighted by Crippen LogP contribution is 2.40. The summed E-state index contributed by atoms with van der Waals surface area (Å²) < 4.78 is 167. The number of rotatable bonds is 30. The summed E-state index contributed by atoms with van der Waals surface area (Å²) in [5, 5.41) is 0.412. The van der Waals surface area contributed by atoms with Gasteiger partial charge in [-0.25, -0.2) is 30.7 Å². The molecule has 0 fully saturated rings. The SMILES string of the molecule is CCC(=O)Oc1cccc(Br)c1COc1cc(F)c(C)cc1Br.CCC(=O)Oc1cccc(C)c1COc1cc(F)c(C)cc1Br.CCC(=O)Oc1cccc(Cl)c1COc1cc(F)c(C)cc1Br.CCC(=O)Oc1cccc(F)c1COc1cc(F)c(C)cc1Br.CCC(=O)Oc1cccc(I)c1COc1cc(F)c(C)cc1Br.CCC(=O)Oc1ccccc1COc1cc(F)c(C)cc1Br. The molecule has 0 saturated carbocycles. The molecule has 137 heavy (non-hydrogen) atoms. The van der Waals surface area contributed by atoms with Crippen LogP contribution in [0.5, 0.6) is 69.0 Å². The highest BCUT2D eigenvalue weighted by Gasteiger charge is 2.23. The fourth-order valence-corrected chi connectivity index (χ4v) is 16.0. The first-order chi connectivity index (χ1) is 65.1. The highest BCUT2D eigenvalue weighted by molar-refractivity contribution is 14.1. The van der Waals surface area contributed by atoms with E-state index < -0.39 is 17.6 Å². The highest BCUT2D eigenvalue weighted by atomic mass is 127. The summed E-state index contributed by atoms with van der Waals surface area (Å²) >= 11 is 31.8. The number of hydrogen-bond acceptors (Lipinski definition) is 18. The normalized spacial score (nSPS) is 10.5. The number of halogens is 16. The number of carbonyl (C=O) groups excluding carboxylic acids is 6. The summed E-state index contributed by atoms with van der Waals surface area (Å²) in [5.74, 6) is -0.316. The lowest BCUT2D eigenvalue weighted by Crippen LogP contribution is -2.10. The van der Waals surface area contributed by atoms with Crippen LogP contribution in [0.4, 0.5) is 30.7 Å². The van der Waals surface area contributed by atoms with Gasteiger partial charge in [-0.1, -0.05) is 124 Å². The van der Waals surface area contributed by atoms with Gasteiger partial charge < -0.3 is 56.8 Å². The van der Waals surface area contributed by atoms with Crippen molar-refractivity contribution in [2.24, 2.45) is 0 Å². The van der Waals surface area contributed by atoms with Crippen LogP contribution in [0, 0.1) is 92.8 Å². The molecule has 0 aliphatic carbocycles. The van der Waals surface area contributed by atoms with Crippen molar-refractivity contribution < 1.29 is 116 Å². The summed E-state index contributed by atoms with van der Waals surface area (Å²) in [6.07, 6.45) is 1.59. The fourth-order valence-electron chi connectivity index (χ4n) is 11.3. The number of hydrogen-bond donors (Lipinski definition) is 0. The first-order valence-electron chi connectivity index (χ1n) is 42.1. The molecule has 0 radical (unpaired) electrons. The van der Waals surface area contributed by atoms with Gasteiger partial charge in [0.2, 0.25) is 0 Å². The summed E-state index contributed by atoms with van der Waals surface area (Å²) in [6.45, 7) is 22.7. The van der Waals surface area contributed by atoms with Crippen molar-refractivity contribution in [3.05, 3.63) is 341 Å². The minimum Gasteiger partial charge on any atom is -0.487 e. The maximum Gasteiger partial charge on any atom is 0.310 e. The molecule has 0 atom stereocenters. The lowest BCUT2D eigenvalue weighted by atomic mass is 10.1. The van der Waals surface area contributed by atoms with Crippen LogP contribution in [0.3, 0.4) is 0 Å². The molecule has 0 aromatic heterocycles. The number of para-hydroxylation sites is 1. The lowest BCUT2D eigenvalue weighted by Gasteiger charge is -2.14. The summed E-state index contributed by atoms with van der Waals surface area (Å²) in [4.78, 5) is 68.9. The molecule has 0 aliphatic rings. The molecule has 0 saturated heterocycles. The Balaban J connectivity index is 0.000000224. The van der Waals surface area contributed by atoms with Crippen molar-refractivity contribution in [2.45, 2.75) is 168 Å². The van der Waals surface area contributed by atoms with Crippen LogP contribution >= 0.6 is 146 Å². The van der Waals surface area contributed by atoms with E-state index in [-0.39, 0.29) is 135 Å². The van der Waals surface area contributed by atoms with Gasteiger partial charge in [0.25, 0.3) is 0 Å². The summed E-state index contributed by atoms with van der Waals surface area (Å²) in [6, 6.07) is 50.2. The topological polar surface area (TPSA) is 213 Å². The number of benzene rings is 12. The Bertz CT molecular complexity index is 5550. The van der Waals surface area contributed by atoms with E-state index in [1.165, 1.54) is 54.6 Å². The van der Waals surface area contributed by atoms with E-state index in [1.807, 2.05) is 43.3 Å². The number of carbonyl (C=O) groups is 6. The Kier molecular flexibility index (Phi) is 47.5. The Hall–Kier alpha value is -9.85. The maximum atomic E-state index is 14.0. The van der Waals surface area contributed by atoms with E-state index in [4.69, 9.17) is 68.4 Å². The van der Waals surface area contributed by atoms with Crippen LogP contribution < -0.4 is 56.8 Å². The maximum absolute atomic E-state index is 14.0. The molecule has 0 aliphatic heterocycles. The van der Waals surface area contributed by atoms with Gasteiger partial charge >= 0.3 is 35.8 Å². The predicted molar refractivity (Wildman–Crippen MR) is 543 cm³/mol. The van der Waals surface area contributed by atoms with Crippen LogP contribution in [0.15, 0.2) is 219 Å². The largest absolute Gasteiger partial charge is 0.487 e. The van der Waals surface area contributed by atoms with Crippen LogP contribution in [0.25, 0.3) is 0 Å². The van der Waals surface area contributed by atoms with Gasteiger partial charge in [0, 0.05) is 105 Å². The van der Waals surface area contributed by atoms with E-state index in [0.717, 1.165) is 30.3 Å². The second-order valence-corrected chi connectivity index (χ2v) is 37.0. The van der Waals surface area contributed by atoms with Crippen molar-refractivity contribution in [3.8, 4) is 69.0 Å². The zero-order valence-corrected chi connectivity index (χ0v) is 90.3. The van der Waals surface area contributed by atoms with E-state index in [9.17, 15) is 59.5 Å². The summed E-state index contributed by atoms with van der Waals surface area (Å²) in [5.41, 5.74) is 7.62. The van der Waals surface area contributed by atoms with Crippen LogP contribution in [-0.2, 0) is 68.4 Å². The smallest absolute Gasteiger partial charge is 0.310 e. The molecule has 0 N–H and O–H groups in total. The second kappa shape index (κ2) is 57.0. The first-order valence-corrected chi connectivity index (χ1v) is 49.1. The van der Waals surface area contributed by atoms with Crippen molar-refractivity contribution in [2.75, 3.05) is 0 Å². The zero-order chi connectivity index (χ0) is 101. The van der Waals surface area contributed by atoms with Crippen LogP contribution in [0.1, 0.15) is 152 Å². The van der Waals surface area contributed by atoms with Gasteiger partial charge in [-0.2, -0.15) is 0 Å². The van der Waals surface area contributed by atoms with Gasteiger partial charge in [0.1, 0.15) is 149 Å². The zero-order valence-electron chi connectivity index (χ0n) is 76.3. The molecule has 0 heterocycles. The molecule has 726 valence electrons. The van der Waals surface area contributed by atoms with Crippen LogP contribution in [0.2, 0.25) is 5.02 Å². The van der Waals surface area contributed by atoms with E-state index in [1.54, 1.807) is 180 Å². The molecular weight excluding hydrogens is 2380 g/mol. The predicted octanol–water partition coefficient (Wildman–Crippen LogP) is 31.2. The van der Waals surface area contributed by atoms with E-state index >= 15 is 0 Å². The van der Waals surface area contributed by atoms with E-state index in [0.29, 0.717) is 153 Å². The molecule has 12 aromatic rings. The Morgan fingerprint density at radius 2 is 0.496 bits per heavy atom. The molecule has 34 heteroatoms. The standard InChI is InChI=1S/C18H18BrFO3.C17H15Br2FO3.C17H15BrClFO3.C17H15BrF2O3.C17H15BrFIO3.C17H16BrFO3/c1-4-18(21)23-16-7-5-6-11(2)13(16)10-22-17-9-15(20)12(3)8-14(17)19;1-3-17(21)23-15-6-4-5-12(18)11(15)9-22-16-8-14(20)10(2)7-13(16)19;2*1-3-17(21)23-15-6-4-5-13(19)11(15)9-22-16-8-14(20)10(2)7-12(16)18;1-3-17(21)23-15-6-4-5-14(20)11(15)9-22-16-8-13(19)10(2)7-12(16)18;1-3-17(20)22-15-7-5-4-6-12(15)10-21-16-9-14(19)11(2)8-13(16)18/h5-9H,4,10H2,1-3H3;4*4-8H,3,9H2,1-2H3;4-9H,3,10H2,1-2H3. The van der Waals surface area contributed by atoms with Crippen molar-refractivity contribution >= 4 is 182 Å².